The van der Waals surface area contributed by atoms with Gasteiger partial charge >= 0.3 is 0 Å². The zero-order valence-electron chi connectivity index (χ0n) is 10.1. The molecule has 0 aliphatic carbocycles. The van der Waals surface area contributed by atoms with Gasteiger partial charge in [0.25, 0.3) is 0 Å². The summed E-state index contributed by atoms with van der Waals surface area (Å²) in [6.45, 7) is 4.04. The van der Waals surface area contributed by atoms with Gasteiger partial charge in [-0.05, 0) is 31.5 Å². The molecule has 1 aromatic heterocycles. The van der Waals surface area contributed by atoms with E-state index in [2.05, 4.69) is 24.0 Å². The van der Waals surface area contributed by atoms with Gasteiger partial charge < -0.3 is 9.30 Å². The zero-order valence-corrected chi connectivity index (χ0v) is 10.1. The van der Waals surface area contributed by atoms with Gasteiger partial charge in [-0.25, -0.2) is 4.98 Å². The maximum Gasteiger partial charge on any atom is 0.128 e. The van der Waals surface area contributed by atoms with E-state index in [1.807, 2.05) is 30.8 Å². The molecule has 2 rings (SSSR count). The first-order chi connectivity index (χ1) is 7.61. The molecule has 3 nitrogen and oxygen atoms in total. The average Bonchev–Trinajstić information content (AvgIpc) is 2.59. The highest BCUT2D eigenvalue weighted by atomic mass is 16.5. The third-order valence-electron chi connectivity index (χ3n) is 2.74. The highest BCUT2D eigenvalue weighted by molar-refractivity contribution is 5.67. The number of imidazole rings is 1. The summed E-state index contributed by atoms with van der Waals surface area (Å²) >= 11 is 0. The summed E-state index contributed by atoms with van der Waals surface area (Å²) in [5.74, 6) is 1.87. The number of benzene rings is 1. The predicted octanol–water partition coefficient (Wildman–Crippen LogP) is 2.71. The Morgan fingerprint density at radius 2 is 2.00 bits per heavy atom. The second kappa shape index (κ2) is 4.00. The van der Waals surface area contributed by atoms with Crippen molar-refractivity contribution < 1.29 is 4.74 Å². The summed E-state index contributed by atoms with van der Waals surface area (Å²) in [4.78, 5) is 4.50. The predicted molar refractivity (Wildman–Crippen MR) is 64.7 cm³/mol. The van der Waals surface area contributed by atoms with E-state index in [4.69, 9.17) is 4.74 Å². The van der Waals surface area contributed by atoms with Gasteiger partial charge in [0.15, 0.2) is 0 Å². The maximum atomic E-state index is 5.38. The quantitative estimate of drug-likeness (QED) is 0.771. The fourth-order valence-electron chi connectivity index (χ4n) is 1.70. The van der Waals surface area contributed by atoms with Crippen molar-refractivity contribution in [3.63, 3.8) is 0 Å². The number of nitrogens with zero attached hydrogens (tertiary/aromatic N) is 2. The van der Waals surface area contributed by atoms with Crippen LogP contribution in [0.4, 0.5) is 0 Å². The topological polar surface area (TPSA) is 27.1 Å². The minimum absolute atomic E-state index is 0.873. The van der Waals surface area contributed by atoms with Crippen molar-refractivity contribution in [3.8, 4) is 17.0 Å². The molecule has 0 saturated carbocycles. The standard InChI is InChI=1S/C13H16N2O/c1-9-5-6-11(13(7-9)16-4)12-8-15(3)10(2)14-12/h5-8H,1-4H3. The maximum absolute atomic E-state index is 5.38. The summed E-state index contributed by atoms with van der Waals surface area (Å²) < 4.78 is 7.39. The van der Waals surface area contributed by atoms with Gasteiger partial charge in [0.1, 0.15) is 11.6 Å². The van der Waals surface area contributed by atoms with Crippen molar-refractivity contribution >= 4 is 0 Å². The number of hydrogen-bond donors (Lipinski definition) is 0. The zero-order chi connectivity index (χ0) is 11.7. The lowest BCUT2D eigenvalue weighted by molar-refractivity contribution is 0.416. The Balaban J connectivity index is 2.55. The molecule has 16 heavy (non-hydrogen) atoms. The first-order valence-corrected chi connectivity index (χ1v) is 5.27. The SMILES string of the molecule is COc1cc(C)ccc1-c1cn(C)c(C)n1. The van der Waals surface area contributed by atoms with Crippen LogP contribution in [0.1, 0.15) is 11.4 Å². The summed E-state index contributed by atoms with van der Waals surface area (Å²) in [5.41, 5.74) is 3.18. The Hall–Kier alpha value is -1.77. The van der Waals surface area contributed by atoms with Gasteiger partial charge in [0.05, 0.1) is 12.8 Å². The normalized spacial score (nSPS) is 10.5. The van der Waals surface area contributed by atoms with Gasteiger partial charge in [0.2, 0.25) is 0 Å². The van der Waals surface area contributed by atoms with Crippen molar-refractivity contribution in [2.75, 3.05) is 7.11 Å². The van der Waals surface area contributed by atoms with Crippen molar-refractivity contribution in [1.29, 1.82) is 0 Å². The van der Waals surface area contributed by atoms with Crippen LogP contribution in [0.2, 0.25) is 0 Å². The van der Waals surface area contributed by atoms with Crippen molar-refractivity contribution in [2.45, 2.75) is 13.8 Å². The second-order valence-corrected chi connectivity index (χ2v) is 3.99. The molecule has 0 amide bonds. The lowest BCUT2D eigenvalue weighted by atomic mass is 10.1. The van der Waals surface area contributed by atoms with Crippen LogP contribution in [0.15, 0.2) is 24.4 Å². The molecule has 0 N–H and O–H groups in total. The fraction of sp³-hybridized carbons (Fsp3) is 0.308. The van der Waals surface area contributed by atoms with Crippen LogP contribution >= 0.6 is 0 Å². The van der Waals surface area contributed by atoms with E-state index in [0.717, 1.165) is 22.8 Å². The number of aryl methyl sites for hydroxylation is 3. The third kappa shape index (κ3) is 1.81. The molecule has 0 aliphatic heterocycles. The smallest absolute Gasteiger partial charge is 0.128 e. The largest absolute Gasteiger partial charge is 0.496 e. The summed E-state index contributed by atoms with van der Waals surface area (Å²) in [7, 11) is 3.68. The Morgan fingerprint density at radius 1 is 1.25 bits per heavy atom. The van der Waals surface area contributed by atoms with Gasteiger partial charge in [-0.1, -0.05) is 6.07 Å². The molecule has 1 heterocycles. The van der Waals surface area contributed by atoms with Crippen LogP contribution in [-0.4, -0.2) is 16.7 Å². The molecule has 0 unspecified atom stereocenters. The van der Waals surface area contributed by atoms with E-state index in [-0.39, 0.29) is 0 Å². The monoisotopic (exact) mass is 216 g/mol. The van der Waals surface area contributed by atoms with Crippen LogP contribution in [0.25, 0.3) is 11.3 Å². The first-order valence-electron chi connectivity index (χ1n) is 5.27. The van der Waals surface area contributed by atoms with Crippen molar-refractivity contribution in [2.24, 2.45) is 7.05 Å². The molecular formula is C13H16N2O. The summed E-state index contributed by atoms with van der Waals surface area (Å²) in [5, 5.41) is 0. The first kappa shape index (κ1) is 10.7. The molecule has 0 saturated heterocycles. The Labute approximate surface area is 95.7 Å². The molecule has 84 valence electrons. The van der Waals surface area contributed by atoms with Crippen LogP contribution in [0.3, 0.4) is 0 Å². The molecule has 0 bridgehead atoms. The number of rotatable bonds is 2. The van der Waals surface area contributed by atoms with Gasteiger partial charge in [-0.3, -0.25) is 0 Å². The number of methoxy groups -OCH3 is 1. The molecule has 1 aromatic carbocycles. The minimum atomic E-state index is 0.873. The Bertz CT molecular complexity index is 495. The highest BCUT2D eigenvalue weighted by Crippen LogP contribution is 2.29. The molecule has 0 aliphatic rings. The van der Waals surface area contributed by atoms with E-state index in [1.165, 1.54) is 5.56 Å². The van der Waals surface area contributed by atoms with Crippen molar-refractivity contribution in [3.05, 3.63) is 35.8 Å². The van der Waals surface area contributed by atoms with Crippen LogP contribution < -0.4 is 4.74 Å². The van der Waals surface area contributed by atoms with E-state index >= 15 is 0 Å². The average molecular weight is 216 g/mol. The van der Waals surface area contributed by atoms with Gasteiger partial charge in [-0.2, -0.15) is 0 Å². The summed E-state index contributed by atoms with van der Waals surface area (Å²) in [6, 6.07) is 6.15. The van der Waals surface area contributed by atoms with Crippen LogP contribution in [0.5, 0.6) is 5.75 Å². The molecule has 0 spiro atoms. The van der Waals surface area contributed by atoms with E-state index < -0.39 is 0 Å². The minimum Gasteiger partial charge on any atom is -0.496 e. The molecule has 3 heteroatoms. The lowest BCUT2D eigenvalue weighted by Gasteiger charge is -2.06. The lowest BCUT2D eigenvalue weighted by Crippen LogP contribution is -1.89. The van der Waals surface area contributed by atoms with Crippen LogP contribution in [0, 0.1) is 13.8 Å². The van der Waals surface area contributed by atoms with E-state index in [1.54, 1.807) is 7.11 Å². The van der Waals surface area contributed by atoms with Crippen LogP contribution in [-0.2, 0) is 7.05 Å². The van der Waals surface area contributed by atoms with Gasteiger partial charge in [0, 0.05) is 18.8 Å². The summed E-state index contributed by atoms with van der Waals surface area (Å²) in [6.07, 6.45) is 2.02. The highest BCUT2D eigenvalue weighted by Gasteiger charge is 2.09. The van der Waals surface area contributed by atoms with E-state index in [9.17, 15) is 0 Å². The van der Waals surface area contributed by atoms with Gasteiger partial charge in [-0.15, -0.1) is 0 Å². The Kier molecular flexibility index (Phi) is 2.69. The number of aromatic nitrogens is 2. The fourth-order valence-corrected chi connectivity index (χ4v) is 1.70. The van der Waals surface area contributed by atoms with E-state index in [0.29, 0.717) is 0 Å². The molecule has 2 aromatic rings. The molecule has 0 radical (unpaired) electrons. The molecular weight excluding hydrogens is 200 g/mol. The molecule has 0 atom stereocenters. The number of ether oxygens (including phenoxy) is 1. The molecule has 0 fully saturated rings. The third-order valence-corrected chi connectivity index (χ3v) is 2.74. The second-order valence-electron chi connectivity index (χ2n) is 3.99. The van der Waals surface area contributed by atoms with Crippen molar-refractivity contribution in [1.82, 2.24) is 9.55 Å². The number of hydrogen-bond acceptors (Lipinski definition) is 2. The Morgan fingerprint density at radius 3 is 2.56 bits per heavy atom.